The molecule has 0 fully saturated rings. The van der Waals surface area contributed by atoms with Crippen molar-refractivity contribution in [2.24, 2.45) is 0 Å². The van der Waals surface area contributed by atoms with Crippen molar-refractivity contribution in [2.45, 2.75) is 32.4 Å². The van der Waals surface area contributed by atoms with E-state index in [0.29, 0.717) is 17.9 Å². The summed E-state index contributed by atoms with van der Waals surface area (Å²) in [4.78, 5) is 16.1. The number of amides is 1. The van der Waals surface area contributed by atoms with E-state index in [1.807, 2.05) is 0 Å². The monoisotopic (exact) mass is 351 g/mol. The molecule has 25 heavy (non-hydrogen) atoms. The molecule has 1 aromatic carbocycles. The second kappa shape index (κ2) is 8.50. The lowest BCUT2D eigenvalue weighted by molar-refractivity contribution is -0.137. The fraction of sp³-hybridized carbons (Fsp3) is 0.333. The fourth-order valence-electron chi connectivity index (χ4n) is 2.21. The molecule has 0 atom stereocenters. The lowest BCUT2D eigenvalue weighted by Crippen LogP contribution is -2.25. The van der Waals surface area contributed by atoms with E-state index in [0.717, 1.165) is 31.4 Å². The van der Waals surface area contributed by atoms with Crippen LogP contribution in [0.1, 0.15) is 42.2 Å². The van der Waals surface area contributed by atoms with Crippen LogP contribution in [0.4, 0.5) is 24.5 Å². The molecule has 0 saturated carbocycles. The van der Waals surface area contributed by atoms with Gasteiger partial charge in [-0.1, -0.05) is 19.8 Å². The molecule has 1 aromatic heterocycles. The van der Waals surface area contributed by atoms with E-state index in [-0.39, 0.29) is 11.6 Å². The highest BCUT2D eigenvalue weighted by Crippen LogP contribution is 2.30. The zero-order valence-corrected chi connectivity index (χ0v) is 13.9. The van der Waals surface area contributed by atoms with Crippen molar-refractivity contribution in [3.8, 4) is 0 Å². The summed E-state index contributed by atoms with van der Waals surface area (Å²) in [5.41, 5.74) is 0.621. The normalized spacial score (nSPS) is 11.2. The Morgan fingerprint density at radius 3 is 2.44 bits per heavy atom. The number of anilines is 2. The van der Waals surface area contributed by atoms with Crippen molar-refractivity contribution in [1.82, 2.24) is 10.3 Å². The minimum Gasteiger partial charge on any atom is -0.355 e. The number of carbonyl (C=O) groups is 1. The van der Waals surface area contributed by atoms with Crippen LogP contribution in [0.3, 0.4) is 0 Å². The minimum atomic E-state index is -4.36. The topological polar surface area (TPSA) is 54.0 Å². The Labute approximate surface area is 144 Å². The number of rotatable bonds is 7. The van der Waals surface area contributed by atoms with Crippen LogP contribution in [0.2, 0.25) is 0 Å². The molecule has 7 heteroatoms. The van der Waals surface area contributed by atoms with Gasteiger partial charge in [0, 0.05) is 24.1 Å². The molecule has 0 aliphatic carbocycles. The highest BCUT2D eigenvalue weighted by atomic mass is 19.4. The van der Waals surface area contributed by atoms with E-state index in [9.17, 15) is 18.0 Å². The first-order chi connectivity index (χ1) is 11.9. The first-order valence-corrected chi connectivity index (χ1v) is 8.08. The van der Waals surface area contributed by atoms with Crippen molar-refractivity contribution in [3.05, 3.63) is 53.9 Å². The molecular weight excluding hydrogens is 331 g/mol. The maximum Gasteiger partial charge on any atom is 0.416 e. The molecule has 0 spiro atoms. The molecule has 0 saturated heterocycles. The molecule has 2 N–H and O–H groups in total. The number of carbonyl (C=O) groups excluding carboxylic acids is 1. The summed E-state index contributed by atoms with van der Waals surface area (Å²) < 4.78 is 37.7. The Morgan fingerprint density at radius 2 is 1.80 bits per heavy atom. The van der Waals surface area contributed by atoms with Gasteiger partial charge in [0.15, 0.2) is 0 Å². The van der Waals surface area contributed by atoms with E-state index in [1.165, 1.54) is 18.3 Å². The molecule has 0 aliphatic heterocycles. The molecule has 1 amide bonds. The van der Waals surface area contributed by atoms with Gasteiger partial charge in [-0.25, -0.2) is 0 Å². The molecule has 0 bridgehead atoms. The van der Waals surface area contributed by atoms with E-state index >= 15 is 0 Å². The first kappa shape index (κ1) is 18.8. The number of halogens is 3. The third-order valence-electron chi connectivity index (χ3n) is 3.56. The maximum atomic E-state index is 12.6. The van der Waals surface area contributed by atoms with E-state index in [2.05, 4.69) is 22.5 Å². The van der Waals surface area contributed by atoms with Crippen LogP contribution < -0.4 is 10.6 Å². The lowest BCUT2D eigenvalue weighted by Gasteiger charge is -2.10. The van der Waals surface area contributed by atoms with Crippen molar-refractivity contribution < 1.29 is 18.0 Å². The van der Waals surface area contributed by atoms with Gasteiger partial charge in [-0.05, 0) is 42.8 Å². The van der Waals surface area contributed by atoms with E-state index < -0.39 is 11.7 Å². The molecule has 4 nitrogen and oxygen atoms in total. The summed E-state index contributed by atoms with van der Waals surface area (Å²) in [6, 6.07) is 7.90. The number of aromatic nitrogens is 1. The summed E-state index contributed by atoms with van der Waals surface area (Å²) in [5.74, 6) is -0.271. The van der Waals surface area contributed by atoms with Crippen LogP contribution in [-0.2, 0) is 6.18 Å². The zero-order valence-electron chi connectivity index (χ0n) is 13.9. The van der Waals surface area contributed by atoms with Crippen LogP contribution in [0.25, 0.3) is 0 Å². The van der Waals surface area contributed by atoms with Gasteiger partial charge < -0.3 is 10.6 Å². The smallest absolute Gasteiger partial charge is 0.355 e. The van der Waals surface area contributed by atoms with Crippen LogP contribution in [0.15, 0.2) is 42.6 Å². The molecule has 134 valence electrons. The molecule has 0 unspecified atom stereocenters. The number of unbranched alkanes of at least 4 members (excludes halogenated alkanes) is 2. The highest BCUT2D eigenvalue weighted by Gasteiger charge is 2.29. The van der Waals surface area contributed by atoms with E-state index in [1.54, 1.807) is 12.1 Å². The molecule has 1 heterocycles. The summed E-state index contributed by atoms with van der Waals surface area (Å²) >= 11 is 0. The second-order valence-corrected chi connectivity index (χ2v) is 5.59. The molecule has 0 radical (unpaired) electrons. The number of pyridine rings is 1. The van der Waals surface area contributed by atoms with Crippen molar-refractivity contribution >= 4 is 17.3 Å². The van der Waals surface area contributed by atoms with Crippen LogP contribution in [0, 0.1) is 0 Å². The van der Waals surface area contributed by atoms with Crippen LogP contribution >= 0.6 is 0 Å². The summed E-state index contributed by atoms with van der Waals surface area (Å²) in [7, 11) is 0. The standard InChI is InChI=1S/C18H20F3N3O/c1-2-3-4-10-23-17(25)16-12-15(9-11-22-16)24-14-7-5-13(6-8-14)18(19,20)21/h5-9,11-12H,2-4,10H2,1H3,(H,22,24)(H,23,25). The average molecular weight is 351 g/mol. The Morgan fingerprint density at radius 1 is 1.08 bits per heavy atom. The number of benzene rings is 1. The van der Waals surface area contributed by atoms with Gasteiger partial charge >= 0.3 is 6.18 Å². The fourth-order valence-corrected chi connectivity index (χ4v) is 2.21. The Hall–Kier alpha value is -2.57. The number of alkyl halides is 3. The SMILES string of the molecule is CCCCCNC(=O)c1cc(Nc2ccc(C(F)(F)F)cc2)ccn1. The number of hydrogen-bond acceptors (Lipinski definition) is 3. The van der Waals surface area contributed by atoms with Gasteiger partial charge in [0.2, 0.25) is 0 Å². The lowest BCUT2D eigenvalue weighted by atomic mass is 10.2. The molecule has 0 aliphatic rings. The maximum absolute atomic E-state index is 12.6. The second-order valence-electron chi connectivity index (χ2n) is 5.59. The summed E-state index contributed by atoms with van der Waals surface area (Å²) in [6.07, 6.45) is 0.140. The molecule has 2 rings (SSSR count). The minimum absolute atomic E-state index is 0.258. The van der Waals surface area contributed by atoms with Gasteiger partial charge in [0.05, 0.1) is 5.56 Å². The first-order valence-electron chi connectivity index (χ1n) is 8.08. The Balaban J connectivity index is 2.00. The van der Waals surface area contributed by atoms with Gasteiger partial charge in [0.1, 0.15) is 5.69 Å². The Bertz CT molecular complexity index is 699. The predicted octanol–water partition coefficient (Wildman–Crippen LogP) is 4.76. The zero-order chi connectivity index (χ0) is 18.3. The van der Waals surface area contributed by atoms with Crippen LogP contribution in [0.5, 0.6) is 0 Å². The third-order valence-corrected chi connectivity index (χ3v) is 3.56. The van der Waals surface area contributed by atoms with Gasteiger partial charge in [-0.3, -0.25) is 9.78 Å². The van der Waals surface area contributed by atoms with Crippen molar-refractivity contribution in [2.75, 3.05) is 11.9 Å². The third kappa shape index (κ3) is 5.77. The largest absolute Gasteiger partial charge is 0.416 e. The quantitative estimate of drug-likeness (QED) is 0.707. The summed E-state index contributed by atoms with van der Waals surface area (Å²) in [6.45, 7) is 2.67. The highest BCUT2D eigenvalue weighted by molar-refractivity contribution is 5.93. The molecular formula is C18H20F3N3O. The van der Waals surface area contributed by atoms with Gasteiger partial charge in [-0.2, -0.15) is 13.2 Å². The Kier molecular flexibility index (Phi) is 6.38. The van der Waals surface area contributed by atoms with Crippen molar-refractivity contribution in [1.29, 1.82) is 0 Å². The predicted molar refractivity (Wildman–Crippen MR) is 90.8 cm³/mol. The van der Waals surface area contributed by atoms with Gasteiger partial charge in [0.25, 0.3) is 5.91 Å². The van der Waals surface area contributed by atoms with Crippen molar-refractivity contribution in [3.63, 3.8) is 0 Å². The number of hydrogen-bond donors (Lipinski definition) is 2. The number of nitrogens with zero attached hydrogens (tertiary/aromatic N) is 1. The average Bonchev–Trinajstić information content (AvgIpc) is 2.58. The number of nitrogens with one attached hydrogen (secondary N) is 2. The molecule has 2 aromatic rings. The van der Waals surface area contributed by atoms with E-state index in [4.69, 9.17) is 0 Å². The van der Waals surface area contributed by atoms with Crippen LogP contribution in [-0.4, -0.2) is 17.4 Å². The van der Waals surface area contributed by atoms with Gasteiger partial charge in [-0.15, -0.1) is 0 Å². The summed E-state index contributed by atoms with van der Waals surface area (Å²) in [5, 5.41) is 5.76.